The minimum atomic E-state index is 0.735. The van der Waals surface area contributed by atoms with Gasteiger partial charge in [-0.3, -0.25) is 5.10 Å². The molecule has 3 nitrogen and oxygen atoms in total. The number of para-hydroxylation sites is 1. The van der Waals surface area contributed by atoms with E-state index in [4.69, 9.17) is 11.6 Å². The quantitative estimate of drug-likeness (QED) is 0.749. The molecule has 0 aliphatic carbocycles. The van der Waals surface area contributed by atoms with Crippen molar-refractivity contribution in [1.82, 2.24) is 10.2 Å². The third kappa shape index (κ3) is 2.17. The number of halogens is 1. The Labute approximate surface area is 110 Å². The van der Waals surface area contributed by atoms with E-state index in [0.717, 1.165) is 33.7 Å². The summed E-state index contributed by atoms with van der Waals surface area (Å²) >= 11 is 5.96. The molecule has 1 heterocycles. The summed E-state index contributed by atoms with van der Waals surface area (Å²) < 4.78 is 0. The fourth-order valence-corrected chi connectivity index (χ4v) is 2.17. The second-order valence-corrected chi connectivity index (χ2v) is 4.56. The smallest absolute Gasteiger partial charge is 0.0881 e. The third-order valence-corrected chi connectivity index (χ3v) is 3.08. The first-order chi connectivity index (χ1) is 8.83. The molecule has 3 aromatic rings. The van der Waals surface area contributed by atoms with Gasteiger partial charge in [-0.25, -0.2) is 0 Å². The van der Waals surface area contributed by atoms with Gasteiger partial charge in [-0.05, 0) is 23.8 Å². The molecule has 0 amide bonds. The van der Waals surface area contributed by atoms with Crippen molar-refractivity contribution in [3.8, 4) is 0 Å². The number of H-pyrrole nitrogens is 1. The molecule has 0 bridgehead atoms. The summed E-state index contributed by atoms with van der Waals surface area (Å²) in [4.78, 5) is 0. The molecule has 0 aliphatic heterocycles. The van der Waals surface area contributed by atoms with Crippen molar-refractivity contribution in [2.45, 2.75) is 6.54 Å². The van der Waals surface area contributed by atoms with E-state index in [0.29, 0.717) is 0 Å². The van der Waals surface area contributed by atoms with E-state index >= 15 is 0 Å². The number of nitrogens with zero attached hydrogens (tertiary/aromatic N) is 1. The minimum absolute atomic E-state index is 0.735. The average molecular weight is 258 g/mol. The van der Waals surface area contributed by atoms with Crippen LogP contribution in [0, 0.1) is 0 Å². The molecule has 0 aliphatic rings. The van der Waals surface area contributed by atoms with Crippen LogP contribution in [0.4, 0.5) is 5.69 Å². The molecule has 1 aromatic heterocycles. The SMILES string of the molecule is Clc1cccc(CNc2cccc3cn[nH]c23)c1. The molecule has 0 saturated carbocycles. The Hall–Kier alpha value is -2.00. The van der Waals surface area contributed by atoms with Crippen LogP contribution < -0.4 is 5.32 Å². The van der Waals surface area contributed by atoms with Crippen LogP contribution in [0.15, 0.2) is 48.7 Å². The summed E-state index contributed by atoms with van der Waals surface area (Å²) in [6.07, 6.45) is 1.82. The molecular weight excluding hydrogens is 246 g/mol. The molecular formula is C14H12ClN3. The Morgan fingerprint density at radius 2 is 2.06 bits per heavy atom. The number of hydrogen-bond donors (Lipinski definition) is 2. The predicted octanol–water partition coefficient (Wildman–Crippen LogP) is 3.83. The van der Waals surface area contributed by atoms with Crippen molar-refractivity contribution in [3.05, 3.63) is 59.2 Å². The highest BCUT2D eigenvalue weighted by atomic mass is 35.5. The highest BCUT2D eigenvalue weighted by Gasteiger charge is 2.02. The highest BCUT2D eigenvalue weighted by molar-refractivity contribution is 6.30. The first-order valence-corrected chi connectivity index (χ1v) is 6.11. The number of aromatic amines is 1. The van der Waals surface area contributed by atoms with Gasteiger partial charge in [0.1, 0.15) is 0 Å². The second-order valence-electron chi connectivity index (χ2n) is 4.12. The van der Waals surface area contributed by atoms with Crippen LogP contribution in [-0.2, 0) is 6.54 Å². The molecule has 0 radical (unpaired) electrons. The van der Waals surface area contributed by atoms with Crippen LogP contribution in [0.25, 0.3) is 10.9 Å². The van der Waals surface area contributed by atoms with Gasteiger partial charge in [0, 0.05) is 17.0 Å². The fraction of sp³-hybridized carbons (Fsp3) is 0.0714. The second kappa shape index (κ2) is 4.70. The standard InChI is InChI=1S/C14H12ClN3/c15-12-5-1-3-10(7-12)8-16-13-6-2-4-11-9-17-18-14(11)13/h1-7,9,16H,8H2,(H,17,18). The molecule has 0 spiro atoms. The van der Waals surface area contributed by atoms with E-state index < -0.39 is 0 Å². The first kappa shape index (κ1) is 11.1. The zero-order chi connectivity index (χ0) is 12.4. The molecule has 2 aromatic carbocycles. The van der Waals surface area contributed by atoms with Crippen molar-refractivity contribution in [2.24, 2.45) is 0 Å². The molecule has 0 atom stereocenters. The van der Waals surface area contributed by atoms with E-state index in [9.17, 15) is 0 Å². The monoisotopic (exact) mass is 257 g/mol. The van der Waals surface area contributed by atoms with E-state index in [1.165, 1.54) is 0 Å². The van der Waals surface area contributed by atoms with Gasteiger partial charge in [0.15, 0.2) is 0 Å². The molecule has 90 valence electrons. The highest BCUT2D eigenvalue weighted by Crippen LogP contribution is 2.21. The van der Waals surface area contributed by atoms with E-state index in [2.05, 4.69) is 15.5 Å². The summed E-state index contributed by atoms with van der Waals surface area (Å²) in [6, 6.07) is 13.9. The first-order valence-electron chi connectivity index (χ1n) is 5.73. The van der Waals surface area contributed by atoms with Gasteiger partial charge in [0.2, 0.25) is 0 Å². The number of aromatic nitrogens is 2. The Morgan fingerprint density at radius 1 is 1.17 bits per heavy atom. The fourth-order valence-electron chi connectivity index (χ4n) is 1.96. The summed E-state index contributed by atoms with van der Waals surface area (Å²) in [5, 5.41) is 12.3. The Bertz CT molecular complexity index is 675. The Kier molecular flexibility index (Phi) is 2.90. The molecule has 2 N–H and O–H groups in total. The van der Waals surface area contributed by atoms with Crippen molar-refractivity contribution in [3.63, 3.8) is 0 Å². The number of anilines is 1. The number of benzene rings is 2. The van der Waals surface area contributed by atoms with Crippen LogP contribution in [0.2, 0.25) is 5.02 Å². The zero-order valence-electron chi connectivity index (χ0n) is 9.65. The number of rotatable bonds is 3. The third-order valence-electron chi connectivity index (χ3n) is 2.85. The summed E-state index contributed by atoms with van der Waals surface area (Å²) in [5.41, 5.74) is 3.23. The zero-order valence-corrected chi connectivity index (χ0v) is 10.4. The summed E-state index contributed by atoms with van der Waals surface area (Å²) in [6.45, 7) is 0.735. The largest absolute Gasteiger partial charge is 0.379 e. The Morgan fingerprint density at radius 3 is 2.94 bits per heavy atom. The van der Waals surface area contributed by atoms with Crippen molar-refractivity contribution < 1.29 is 0 Å². The minimum Gasteiger partial charge on any atom is -0.379 e. The van der Waals surface area contributed by atoms with Crippen LogP contribution in [0.1, 0.15) is 5.56 Å². The Balaban J connectivity index is 1.83. The lowest BCUT2D eigenvalue weighted by Gasteiger charge is -2.07. The molecule has 0 fully saturated rings. The van der Waals surface area contributed by atoms with Gasteiger partial charge in [-0.2, -0.15) is 5.10 Å². The number of hydrogen-bond acceptors (Lipinski definition) is 2. The van der Waals surface area contributed by atoms with E-state index in [1.807, 2.05) is 48.7 Å². The number of nitrogens with one attached hydrogen (secondary N) is 2. The molecule has 3 rings (SSSR count). The van der Waals surface area contributed by atoms with Crippen LogP contribution in [0.3, 0.4) is 0 Å². The van der Waals surface area contributed by atoms with Crippen LogP contribution in [-0.4, -0.2) is 10.2 Å². The van der Waals surface area contributed by atoms with Gasteiger partial charge in [-0.1, -0.05) is 35.9 Å². The van der Waals surface area contributed by atoms with Gasteiger partial charge in [-0.15, -0.1) is 0 Å². The van der Waals surface area contributed by atoms with Crippen LogP contribution >= 0.6 is 11.6 Å². The van der Waals surface area contributed by atoms with E-state index in [1.54, 1.807) is 0 Å². The normalized spacial score (nSPS) is 10.7. The average Bonchev–Trinajstić information content (AvgIpc) is 2.85. The summed E-state index contributed by atoms with van der Waals surface area (Å²) in [7, 11) is 0. The van der Waals surface area contributed by atoms with Crippen LogP contribution in [0.5, 0.6) is 0 Å². The van der Waals surface area contributed by atoms with Crippen molar-refractivity contribution in [1.29, 1.82) is 0 Å². The van der Waals surface area contributed by atoms with Gasteiger partial charge < -0.3 is 5.32 Å². The van der Waals surface area contributed by atoms with Gasteiger partial charge in [0.05, 0.1) is 17.4 Å². The van der Waals surface area contributed by atoms with Crippen molar-refractivity contribution in [2.75, 3.05) is 5.32 Å². The lowest BCUT2D eigenvalue weighted by Crippen LogP contribution is -1.99. The lowest BCUT2D eigenvalue weighted by molar-refractivity contribution is 1.11. The topological polar surface area (TPSA) is 40.7 Å². The maximum absolute atomic E-state index is 5.96. The van der Waals surface area contributed by atoms with Gasteiger partial charge >= 0.3 is 0 Å². The summed E-state index contributed by atoms with van der Waals surface area (Å²) in [5.74, 6) is 0. The molecule has 0 saturated heterocycles. The maximum Gasteiger partial charge on any atom is 0.0881 e. The number of fused-ring (bicyclic) bond motifs is 1. The molecule has 18 heavy (non-hydrogen) atoms. The predicted molar refractivity (Wildman–Crippen MR) is 74.9 cm³/mol. The molecule has 0 unspecified atom stereocenters. The van der Waals surface area contributed by atoms with Gasteiger partial charge in [0.25, 0.3) is 0 Å². The molecule has 4 heteroatoms. The lowest BCUT2D eigenvalue weighted by atomic mass is 10.2. The van der Waals surface area contributed by atoms with E-state index in [-0.39, 0.29) is 0 Å². The van der Waals surface area contributed by atoms with Crippen molar-refractivity contribution >= 4 is 28.2 Å². The maximum atomic E-state index is 5.96.